The average molecular weight is 265 g/mol. The molecule has 0 radical (unpaired) electrons. The van der Waals surface area contributed by atoms with Gasteiger partial charge in [-0.15, -0.1) is 0 Å². The first kappa shape index (κ1) is 14.1. The lowest BCUT2D eigenvalue weighted by atomic mass is 10.2. The van der Waals surface area contributed by atoms with Gasteiger partial charge < -0.3 is 10.1 Å². The van der Waals surface area contributed by atoms with Gasteiger partial charge in [-0.2, -0.15) is 5.26 Å². The van der Waals surface area contributed by atoms with Crippen LogP contribution in [0.15, 0.2) is 30.0 Å². The summed E-state index contributed by atoms with van der Waals surface area (Å²) >= 11 is 5.94. The Morgan fingerprint density at radius 3 is 2.94 bits per heavy atom. The van der Waals surface area contributed by atoms with E-state index in [0.29, 0.717) is 17.3 Å². The van der Waals surface area contributed by atoms with Gasteiger partial charge in [0.1, 0.15) is 12.3 Å². The Balaban J connectivity index is 2.88. The van der Waals surface area contributed by atoms with Crippen molar-refractivity contribution in [3.63, 3.8) is 0 Å². The number of hydrogen-bond donors (Lipinski definition) is 1. The monoisotopic (exact) mass is 264 g/mol. The zero-order chi connectivity index (χ0) is 13.5. The van der Waals surface area contributed by atoms with Crippen LogP contribution in [-0.2, 0) is 9.53 Å². The first-order chi connectivity index (χ1) is 8.60. The van der Waals surface area contributed by atoms with Crippen molar-refractivity contribution in [3.05, 3.63) is 40.6 Å². The summed E-state index contributed by atoms with van der Waals surface area (Å²) in [4.78, 5) is 11.8. The van der Waals surface area contributed by atoms with Crippen molar-refractivity contribution in [1.29, 1.82) is 5.26 Å². The largest absolute Gasteiger partial charge is 0.500 e. The molecule has 0 fully saturated rings. The summed E-state index contributed by atoms with van der Waals surface area (Å²) in [6.45, 7) is 3.95. The topological polar surface area (TPSA) is 62.1 Å². The highest BCUT2D eigenvalue weighted by molar-refractivity contribution is 6.31. The van der Waals surface area contributed by atoms with Gasteiger partial charge in [-0.1, -0.05) is 17.7 Å². The predicted molar refractivity (Wildman–Crippen MR) is 70.1 cm³/mol. The van der Waals surface area contributed by atoms with Crippen LogP contribution in [0.25, 0.3) is 0 Å². The van der Waals surface area contributed by atoms with Gasteiger partial charge in [0, 0.05) is 10.7 Å². The molecule has 0 atom stereocenters. The van der Waals surface area contributed by atoms with Crippen LogP contribution in [0.2, 0.25) is 5.02 Å². The zero-order valence-corrected chi connectivity index (χ0v) is 10.9. The van der Waals surface area contributed by atoms with Gasteiger partial charge in [0.2, 0.25) is 0 Å². The number of nitriles is 1. The molecule has 1 N–H and O–H groups in total. The maximum atomic E-state index is 11.8. The third-order valence-electron chi connectivity index (χ3n) is 2.25. The second kappa shape index (κ2) is 6.67. The number of anilines is 1. The Hall–Kier alpha value is -1.99. The van der Waals surface area contributed by atoms with Gasteiger partial charge in [0.15, 0.2) is 5.57 Å². The van der Waals surface area contributed by atoms with Crippen molar-refractivity contribution in [2.75, 3.05) is 11.9 Å². The van der Waals surface area contributed by atoms with E-state index in [1.807, 2.05) is 0 Å². The molecule has 0 unspecified atom stereocenters. The number of hydrogen-bond acceptors (Lipinski definition) is 3. The molecule has 1 rings (SSSR count). The van der Waals surface area contributed by atoms with E-state index in [1.54, 1.807) is 38.1 Å². The third kappa shape index (κ3) is 3.51. The second-order valence-corrected chi connectivity index (χ2v) is 3.87. The minimum Gasteiger partial charge on any atom is -0.500 e. The van der Waals surface area contributed by atoms with E-state index in [1.165, 1.54) is 0 Å². The molecular weight excluding hydrogens is 252 g/mol. The first-order valence-electron chi connectivity index (χ1n) is 5.38. The lowest BCUT2D eigenvalue weighted by Gasteiger charge is -2.08. The lowest BCUT2D eigenvalue weighted by Crippen LogP contribution is -2.14. The molecule has 18 heavy (non-hydrogen) atoms. The van der Waals surface area contributed by atoms with Crippen molar-refractivity contribution in [2.24, 2.45) is 0 Å². The van der Waals surface area contributed by atoms with Gasteiger partial charge in [0.25, 0.3) is 5.91 Å². The maximum Gasteiger partial charge on any atom is 0.269 e. The Kier molecular flexibility index (Phi) is 5.22. The molecule has 0 saturated heterocycles. The van der Waals surface area contributed by atoms with Crippen LogP contribution in [0.3, 0.4) is 0 Å². The third-order valence-corrected chi connectivity index (χ3v) is 2.66. The van der Waals surface area contributed by atoms with Crippen LogP contribution in [0.1, 0.15) is 12.5 Å². The quantitative estimate of drug-likeness (QED) is 0.516. The van der Waals surface area contributed by atoms with Gasteiger partial charge in [-0.25, -0.2) is 0 Å². The molecule has 0 spiro atoms. The van der Waals surface area contributed by atoms with Crippen LogP contribution in [0.5, 0.6) is 0 Å². The normalized spacial score (nSPS) is 10.7. The minimum atomic E-state index is -0.517. The van der Waals surface area contributed by atoms with E-state index in [-0.39, 0.29) is 5.57 Å². The van der Waals surface area contributed by atoms with Crippen LogP contribution in [-0.4, -0.2) is 12.5 Å². The summed E-state index contributed by atoms with van der Waals surface area (Å²) in [6, 6.07) is 6.95. The summed E-state index contributed by atoms with van der Waals surface area (Å²) in [5.41, 5.74) is 1.24. The summed E-state index contributed by atoms with van der Waals surface area (Å²) in [6.07, 6.45) is 1.15. The molecule has 0 heterocycles. The number of carbonyl (C=O) groups is 1. The molecular formula is C13H13ClN2O2. The fourth-order valence-corrected chi connectivity index (χ4v) is 1.40. The number of nitrogens with one attached hydrogen (secondary N) is 1. The van der Waals surface area contributed by atoms with E-state index in [4.69, 9.17) is 21.6 Å². The number of amides is 1. The van der Waals surface area contributed by atoms with Gasteiger partial charge in [-0.05, 0) is 31.5 Å². The first-order valence-corrected chi connectivity index (χ1v) is 5.76. The summed E-state index contributed by atoms with van der Waals surface area (Å²) in [7, 11) is 0. The summed E-state index contributed by atoms with van der Waals surface area (Å²) in [5.74, 6) is -0.517. The minimum absolute atomic E-state index is 0.0868. The van der Waals surface area contributed by atoms with Crippen molar-refractivity contribution < 1.29 is 9.53 Å². The van der Waals surface area contributed by atoms with Crippen LogP contribution < -0.4 is 5.32 Å². The van der Waals surface area contributed by atoms with E-state index in [2.05, 4.69) is 5.32 Å². The van der Waals surface area contributed by atoms with E-state index >= 15 is 0 Å². The molecule has 1 aromatic carbocycles. The average Bonchev–Trinajstić information content (AvgIpc) is 2.36. The smallest absolute Gasteiger partial charge is 0.269 e. The highest BCUT2D eigenvalue weighted by Crippen LogP contribution is 2.23. The van der Waals surface area contributed by atoms with Gasteiger partial charge >= 0.3 is 0 Å². The molecule has 4 nitrogen and oxygen atoms in total. The lowest BCUT2D eigenvalue weighted by molar-refractivity contribution is -0.112. The Morgan fingerprint density at radius 1 is 1.61 bits per heavy atom. The molecule has 1 amide bonds. The molecule has 0 aromatic heterocycles. The highest BCUT2D eigenvalue weighted by Gasteiger charge is 2.11. The van der Waals surface area contributed by atoms with E-state index in [9.17, 15) is 4.79 Å². The van der Waals surface area contributed by atoms with Gasteiger partial charge in [0.05, 0.1) is 6.61 Å². The fourth-order valence-electron chi connectivity index (χ4n) is 1.23. The highest BCUT2D eigenvalue weighted by atomic mass is 35.5. The predicted octanol–water partition coefficient (Wildman–Crippen LogP) is 3.03. The van der Waals surface area contributed by atoms with E-state index < -0.39 is 5.91 Å². The van der Waals surface area contributed by atoms with Crippen LogP contribution in [0.4, 0.5) is 5.69 Å². The fraction of sp³-hybridized carbons (Fsp3) is 0.231. The molecule has 5 heteroatoms. The Labute approximate surface area is 111 Å². The second-order valence-electron chi connectivity index (χ2n) is 3.47. The van der Waals surface area contributed by atoms with E-state index in [0.717, 1.165) is 11.8 Å². The number of halogens is 1. The number of nitrogens with zero attached hydrogens (tertiary/aromatic N) is 1. The molecule has 0 aliphatic carbocycles. The standard InChI is InChI=1S/C13H13ClN2O2/c1-3-18-8-10(7-15)13(17)16-12-6-4-5-11(14)9(12)2/h4-6,8H,3H2,1-2H3,(H,16,17). The Bertz CT molecular complexity index is 518. The van der Waals surface area contributed by atoms with Crippen LogP contribution >= 0.6 is 11.6 Å². The Morgan fingerprint density at radius 2 is 2.33 bits per heavy atom. The summed E-state index contributed by atoms with van der Waals surface area (Å²) < 4.78 is 4.93. The van der Waals surface area contributed by atoms with Crippen molar-refractivity contribution in [1.82, 2.24) is 0 Å². The molecule has 0 bridgehead atoms. The van der Waals surface area contributed by atoms with Crippen molar-refractivity contribution in [3.8, 4) is 6.07 Å². The summed E-state index contributed by atoms with van der Waals surface area (Å²) in [5, 5.41) is 12.0. The van der Waals surface area contributed by atoms with Crippen LogP contribution in [0, 0.1) is 18.3 Å². The number of carbonyl (C=O) groups excluding carboxylic acids is 1. The SMILES string of the molecule is CCOC=C(C#N)C(=O)Nc1cccc(Cl)c1C. The van der Waals surface area contributed by atoms with Gasteiger partial charge in [-0.3, -0.25) is 4.79 Å². The van der Waals surface area contributed by atoms with Crippen molar-refractivity contribution in [2.45, 2.75) is 13.8 Å². The maximum absolute atomic E-state index is 11.8. The number of rotatable bonds is 4. The molecule has 0 saturated carbocycles. The molecule has 0 aliphatic rings. The zero-order valence-electron chi connectivity index (χ0n) is 10.2. The van der Waals surface area contributed by atoms with Crippen molar-refractivity contribution >= 4 is 23.2 Å². The molecule has 1 aromatic rings. The number of benzene rings is 1. The molecule has 94 valence electrons. The number of ether oxygens (including phenoxy) is 1. The molecule has 0 aliphatic heterocycles.